The Kier molecular flexibility index (Phi) is 3.04. The third-order valence-electron chi connectivity index (χ3n) is 1.91. The Bertz CT molecular complexity index is 175. The van der Waals surface area contributed by atoms with Crippen molar-refractivity contribution in [3.63, 3.8) is 0 Å². The summed E-state index contributed by atoms with van der Waals surface area (Å²) in [6.45, 7) is 4.15. The molecule has 1 rings (SSSR count). The summed E-state index contributed by atoms with van der Waals surface area (Å²) in [5, 5.41) is 3.06. The van der Waals surface area contributed by atoms with Gasteiger partial charge in [0.05, 0.1) is 0 Å². The fourth-order valence-corrected chi connectivity index (χ4v) is 1.97. The highest BCUT2D eigenvalue weighted by atomic mass is 32.2. The fourth-order valence-electron chi connectivity index (χ4n) is 1.18. The number of carbonyl (C=O) groups is 1. The van der Waals surface area contributed by atoms with Crippen LogP contribution in [0.15, 0.2) is 0 Å². The number of nitrogens with one attached hydrogen (secondary N) is 1. The van der Waals surface area contributed by atoms with Gasteiger partial charge in [-0.3, -0.25) is 4.79 Å². The first kappa shape index (κ1) is 9.90. The summed E-state index contributed by atoms with van der Waals surface area (Å²) in [4.78, 5) is 11.4. The SMILES string of the molecule is CSCC(C)(C)NC(=O)C1CC1. The Labute approximate surface area is 78.5 Å². The predicted molar refractivity (Wildman–Crippen MR) is 53.3 cm³/mol. The summed E-state index contributed by atoms with van der Waals surface area (Å²) < 4.78 is 0. The van der Waals surface area contributed by atoms with Crippen LogP contribution in [0.4, 0.5) is 0 Å². The fraction of sp³-hybridized carbons (Fsp3) is 0.889. The normalized spacial score (nSPS) is 17.6. The van der Waals surface area contributed by atoms with E-state index in [1.165, 1.54) is 0 Å². The van der Waals surface area contributed by atoms with Gasteiger partial charge in [0.2, 0.25) is 5.91 Å². The van der Waals surface area contributed by atoms with Crippen LogP contribution in [0, 0.1) is 5.92 Å². The zero-order chi connectivity index (χ0) is 9.19. The lowest BCUT2D eigenvalue weighted by molar-refractivity contribution is -0.123. The minimum absolute atomic E-state index is 0.0426. The molecular formula is C9H17NOS. The number of thioether (sulfide) groups is 1. The van der Waals surface area contributed by atoms with Crippen molar-refractivity contribution in [3.05, 3.63) is 0 Å². The van der Waals surface area contributed by atoms with E-state index in [0.717, 1.165) is 18.6 Å². The molecule has 0 saturated heterocycles. The molecule has 0 spiro atoms. The molecule has 1 N–H and O–H groups in total. The largest absolute Gasteiger partial charge is 0.350 e. The van der Waals surface area contributed by atoms with E-state index in [1.807, 2.05) is 0 Å². The van der Waals surface area contributed by atoms with Gasteiger partial charge < -0.3 is 5.32 Å². The Morgan fingerprint density at radius 1 is 1.58 bits per heavy atom. The molecule has 1 aliphatic carbocycles. The Balaban J connectivity index is 2.31. The van der Waals surface area contributed by atoms with Crippen molar-refractivity contribution in [1.82, 2.24) is 5.32 Å². The molecule has 0 aromatic heterocycles. The van der Waals surface area contributed by atoms with Crippen LogP contribution < -0.4 is 5.32 Å². The summed E-state index contributed by atoms with van der Waals surface area (Å²) in [6, 6.07) is 0. The average molecular weight is 187 g/mol. The third-order valence-corrected chi connectivity index (χ3v) is 2.93. The molecule has 0 aromatic rings. The predicted octanol–water partition coefficient (Wildman–Crippen LogP) is 1.65. The van der Waals surface area contributed by atoms with Crippen LogP contribution in [0.5, 0.6) is 0 Å². The van der Waals surface area contributed by atoms with E-state index in [4.69, 9.17) is 0 Å². The van der Waals surface area contributed by atoms with E-state index < -0.39 is 0 Å². The topological polar surface area (TPSA) is 29.1 Å². The highest BCUT2D eigenvalue weighted by Gasteiger charge is 2.32. The van der Waals surface area contributed by atoms with Crippen molar-refractivity contribution >= 4 is 17.7 Å². The van der Waals surface area contributed by atoms with E-state index >= 15 is 0 Å². The summed E-state index contributed by atoms with van der Waals surface area (Å²) in [5.41, 5.74) is -0.0426. The standard InChI is InChI=1S/C9H17NOS/c1-9(2,6-12-3)10-8(11)7-4-5-7/h7H,4-6H2,1-3H3,(H,10,11). The average Bonchev–Trinajstić information content (AvgIpc) is 2.65. The van der Waals surface area contributed by atoms with E-state index in [2.05, 4.69) is 25.4 Å². The molecule has 2 nitrogen and oxygen atoms in total. The smallest absolute Gasteiger partial charge is 0.223 e. The number of hydrogen-bond acceptors (Lipinski definition) is 2. The molecule has 0 aromatic carbocycles. The molecule has 0 radical (unpaired) electrons. The van der Waals surface area contributed by atoms with E-state index in [1.54, 1.807) is 11.8 Å². The van der Waals surface area contributed by atoms with Gasteiger partial charge in [-0.2, -0.15) is 11.8 Å². The van der Waals surface area contributed by atoms with Crippen molar-refractivity contribution in [1.29, 1.82) is 0 Å². The maximum Gasteiger partial charge on any atom is 0.223 e. The van der Waals surface area contributed by atoms with Gasteiger partial charge in [0, 0.05) is 17.2 Å². The van der Waals surface area contributed by atoms with Gasteiger partial charge in [0.25, 0.3) is 0 Å². The van der Waals surface area contributed by atoms with Crippen LogP contribution in [0.3, 0.4) is 0 Å². The summed E-state index contributed by atoms with van der Waals surface area (Å²) in [7, 11) is 0. The lowest BCUT2D eigenvalue weighted by Crippen LogP contribution is -2.46. The van der Waals surface area contributed by atoms with Crippen molar-refractivity contribution < 1.29 is 4.79 Å². The first-order valence-corrected chi connectivity index (χ1v) is 5.75. The van der Waals surface area contributed by atoms with Crippen molar-refractivity contribution in [2.75, 3.05) is 12.0 Å². The van der Waals surface area contributed by atoms with Gasteiger partial charge in [-0.25, -0.2) is 0 Å². The molecule has 0 heterocycles. The monoisotopic (exact) mass is 187 g/mol. The molecule has 12 heavy (non-hydrogen) atoms. The number of carbonyl (C=O) groups excluding carboxylic acids is 1. The summed E-state index contributed by atoms with van der Waals surface area (Å²) in [5.74, 6) is 1.55. The maximum atomic E-state index is 11.4. The molecule has 0 aliphatic heterocycles. The van der Waals surface area contributed by atoms with Gasteiger partial charge in [0.1, 0.15) is 0 Å². The second-order valence-electron chi connectivity index (χ2n) is 4.08. The molecule has 0 bridgehead atoms. The summed E-state index contributed by atoms with van der Waals surface area (Å²) >= 11 is 1.77. The zero-order valence-corrected chi connectivity index (χ0v) is 8.83. The minimum atomic E-state index is -0.0426. The van der Waals surface area contributed by atoms with Gasteiger partial charge in [0.15, 0.2) is 0 Å². The molecule has 0 atom stereocenters. The molecule has 0 unspecified atom stereocenters. The number of rotatable bonds is 4. The molecule has 1 saturated carbocycles. The van der Waals surface area contributed by atoms with Gasteiger partial charge in [-0.05, 0) is 32.9 Å². The molecular weight excluding hydrogens is 170 g/mol. The molecule has 1 fully saturated rings. The zero-order valence-electron chi connectivity index (χ0n) is 8.02. The second kappa shape index (κ2) is 3.69. The Hall–Kier alpha value is -0.180. The molecule has 1 aliphatic rings. The van der Waals surface area contributed by atoms with Crippen LogP contribution in [-0.4, -0.2) is 23.5 Å². The first-order valence-electron chi connectivity index (χ1n) is 4.36. The van der Waals surface area contributed by atoms with Gasteiger partial charge >= 0.3 is 0 Å². The molecule has 1 amide bonds. The van der Waals surface area contributed by atoms with Crippen LogP contribution >= 0.6 is 11.8 Å². The van der Waals surface area contributed by atoms with Gasteiger partial charge in [-0.1, -0.05) is 0 Å². The van der Waals surface area contributed by atoms with E-state index in [0.29, 0.717) is 5.92 Å². The maximum absolute atomic E-state index is 11.4. The Morgan fingerprint density at radius 3 is 2.58 bits per heavy atom. The van der Waals surface area contributed by atoms with Crippen molar-refractivity contribution in [2.24, 2.45) is 5.92 Å². The highest BCUT2D eigenvalue weighted by Crippen LogP contribution is 2.29. The lowest BCUT2D eigenvalue weighted by atomic mass is 10.1. The lowest BCUT2D eigenvalue weighted by Gasteiger charge is -2.25. The van der Waals surface area contributed by atoms with Crippen LogP contribution in [-0.2, 0) is 4.79 Å². The minimum Gasteiger partial charge on any atom is -0.350 e. The van der Waals surface area contributed by atoms with Crippen LogP contribution in [0.2, 0.25) is 0 Å². The first-order chi connectivity index (χ1) is 5.55. The van der Waals surface area contributed by atoms with Gasteiger partial charge in [-0.15, -0.1) is 0 Å². The summed E-state index contributed by atoms with van der Waals surface area (Å²) in [6.07, 6.45) is 4.23. The quantitative estimate of drug-likeness (QED) is 0.725. The van der Waals surface area contributed by atoms with Crippen molar-refractivity contribution in [2.45, 2.75) is 32.2 Å². The third kappa shape index (κ3) is 3.05. The van der Waals surface area contributed by atoms with Crippen molar-refractivity contribution in [3.8, 4) is 0 Å². The Morgan fingerprint density at radius 2 is 2.17 bits per heavy atom. The van der Waals surface area contributed by atoms with E-state index in [-0.39, 0.29) is 11.4 Å². The molecule has 70 valence electrons. The van der Waals surface area contributed by atoms with Crippen LogP contribution in [0.25, 0.3) is 0 Å². The van der Waals surface area contributed by atoms with E-state index in [9.17, 15) is 4.79 Å². The number of amides is 1. The number of hydrogen-bond donors (Lipinski definition) is 1. The second-order valence-corrected chi connectivity index (χ2v) is 4.95. The van der Waals surface area contributed by atoms with Crippen LogP contribution in [0.1, 0.15) is 26.7 Å². The molecule has 3 heteroatoms. The highest BCUT2D eigenvalue weighted by molar-refractivity contribution is 7.98.